The van der Waals surface area contributed by atoms with E-state index in [-0.39, 0.29) is 54.6 Å². The Morgan fingerprint density at radius 2 is 1.70 bits per heavy atom. The highest BCUT2D eigenvalue weighted by Gasteiger charge is 2.44. The van der Waals surface area contributed by atoms with Crippen molar-refractivity contribution in [1.29, 1.82) is 0 Å². The third kappa shape index (κ3) is 4.20. The van der Waals surface area contributed by atoms with Crippen molar-refractivity contribution >= 4 is 11.9 Å². The first-order chi connectivity index (χ1) is 9.23. The molecule has 116 valence electrons. The molecule has 0 saturated carbocycles. The van der Waals surface area contributed by atoms with Gasteiger partial charge in [0.05, 0.1) is 12.2 Å². The molecular formula is C15H26O5. The second-order valence-electron chi connectivity index (χ2n) is 5.98. The predicted molar refractivity (Wildman–Crippen MR) is 74.0 cm³/mol. The van der Waals surface area contributed by atoms with E-state index in [9.17, 15) is 9.59 Å². The number of hydrogen-bond acceptors (Lipinski definition) is 5. The van der Waals surface area contributed by atoms with E-state index in [0.717, 1.165) is 0 Å². The zero-order valence-electron chi connectivity index (χ0n) is 13.2. The molecule has 0 aliphatic carbocycles. The van der Waals surface area contributed by atoms with Crippen molar-refractivity contribution in [3.63, 3.8) is 0 Å². The van der Waals surface area contributed by atoms with Crippen LogP contribution in [-0.4, -0.2) is 36.9 Å². The predicted octanol–water partition coefficient (Wildman–Crippen LogP) is 2.18. The Bertz CT molecular complexity index is 350. The molecule has 5 nitrogen and oxygen atoms in total. The molecule has 1 aliphatic rings. The van der Waals surface area contributed by atoms with E-state index in [4.69, 9.17) is 14.2 Å². The largest absolute Gasteiger partial charge is 0.463 e. The number of carbonyl (C=O) groups is 2. The monoisotopic (exact) mass is 286 g/mol. The highest BCUT2D eigenvalue weighted by atomic mass is 16.6. The average molecular weight is 286 g/mol. The second kappa shape index (κ2) is 7.07. The van der Waals surface area contributed by atoms with Crippen molar-refractivity contribution < 1.29 is 23.8 Å². The van der Waals surface area contributed by atoms with Gasteiger partial charge in [-0.25, -0.2) is 0 Å². The second-order valence-corrected chi connectivity index (χ2v) is 5.98. The quantitative estimate of drug-likeness (QED) is 0.741. The summed E-state index contributed by atoms with van der Waals surface area (Å²) in [6.45, 7) is 11.2. The lowest BCUT2D eigenvalue weighted by molar-refractivity contribution is -0.212. The Balaban J connectivity index is 2.82. The van der Waals surface area contributed by atoms with E-state index < -0.39 is 0 Å². The van der Waals surface area contributed by atoms with E-state index in [1.807, 2.05) is 20.8 Å². The van der Waals surface area contributed by atoms with Crippen molar-refractivity contribution in [2.24, 2.45) is 17.8 Å². The van der Waals surface area contributed by atoms with Crippen LogP contribution in [0.4, 0.5) is 0 Å². The highest BCUT2D eigenvalue weighted by molar-refractivity contribution is 5.66. The van der Waals surface area contributed by atoms with Gasteiger partial charge in [0.25, 0.3) is 0 Å². The lowest BCUT2D eigenvalue weighted by Crippen LogP contribution is -2.54. The molecule has 0 bridgehead atoms. The fourth-order valence-corrected chi connectivity index (χ4v) is 2.63. The Kier molecular flexibility index (Phi) is 5.99. The van der Waals surface area contributed by atoms with Gasteiger partial charge >= 0.3 is 11.9 Å². The Morgan fingerprint density at radius 1 is 1.10 bits per heavy atom. The van der Waals surface area contributed by atoms with Crippen LogP contribution < -0.4 is 0 Å². The first-order valence-corrected chi connectivity index (χ1v) is 7.20. The SMILES string of the molecule is CC(=O)OC[C@@H]1OC(C(C)C)[C@@H](OC(C)=O)[C@H](C)[C@@H]1C. The molecular weight excluding hydrogens is 260 g/mol. The van der Waals surface area contributed by atoms with E-state index in [2.05, 4.69) is 6.92 Å². The van der Waals surface area contributed by atoms with Gasteiger partial charge in [-0.05, 0) is 11.8 Å². The van der Waals surface area contributed by atoms with E-state index >= 15 is 0 Å². The summed E-state index contributed by atoms with van der Waals surface area (Å²) in [6.07, 6.45) is -0.588. The minimum atomic E-state index is -0.309. The van der Waals surface area contributed by atoms with E-state index in [1.54, 1.807) is 0 Å². The molecule has 0 radical (unpaired) electrons. The standard InChI is InChI=1S/C15H26O5/c1-8(2)14-15(19-12(6)17)10(4)9(3)13(20-14)7-18-11(5)16/h8-10,13-15H,7H2,1-6H3/t9-,10+,13-,14?,15-/m0/s1. The normalized spacial score (nSPS) is 33.9. The summed E-state index contributed by atoms with van der Waals surface area (Å²) in [6, 6.07) is 0. The summed E-state index contributed by atoms with van der Waals surface area (Å²) < 4.78 is 16.6. The summed E-state index contributed by atoms with van der Waals surface area (Å²) in [5.41, 5.74) is 0. The van der Waals surface area contributed by atoms with Gasteiger partial charge < -0.3 is 14.2 Å². The summed E-state index contributed by atoms with van der Waals surface area (Å²) in [7, 11) is 0. The fourth-order valence-electron chi connectivity index (χ4n) is 2.63. The van der Waals surface area contributed by atoms with Gasteiger partial charge in [-0.2, -0.15) is 0 Å². The molecule has 0 aromatic heterocycles. The third-order valence-electron chi connectivity index (χ3n) is 4.00. The van der Waals surface area contributed by atoms with Gasteiger partial charge in [-0.15, -0.1) is 0 Å². The molecule has 1 aliphatic heterocycles. The molecule has 20 heavy (non-hydrogen) atoms. The molecule has 1 saturated heterocycles. The Labute approximate surface area is 121 Å². The maximum atomic E-state index is 11.3. The van der Waals surface area contributed by atoms with Crippen LogP contribution in [0.15, 0.2) is 0 Å². The summed E-state index contributed by atoms with van der Waals surface area (Å²) in [5.74, 6) is -0.0816. The third-order valence-corrected chi connectivity index (χ3v) is 4.00. The molecule has 5 heteroatoms. The molecule has 0 aromatic carbocycles. The highest BCUT2D eigenvalue weighted by Crippen LogP contribution is 2.35. The molecule has 5 atom stereocenters. The molecule has 0 N–H and O–H groups in total. The molecule has 1 unspecified atom stereocenters. The van der Waals surface area contributed by atoms with Crippen molar-refractivity contribution in [3.05, 3.63) is 0 Å². The minimum absolute atomic E-state index is 0.147. The van der Waals surface area contributed by atoms with E-state index in [0.29, 0.717) is 0 Å². The molecule has 0 spiro atoms. The van der Waals surface area contributed by atoms with Gasteiger partial charge in [0, 0.05) is 19.8 Å². The lowest BCUT2D eigenvalue weighted by atomic mass is 9.79. The Morgan fingerprint density at radius 3 is 2.15 bits per heavy atom. The maximum absolute atomic E-state index is 11.3. The number of hydrogen-bond donors (Lipinski definition) is 0. The van der Waals surface area contributed by atoms with Gasteiger partial charge in [-0.1, -0.05) is 27.7 Å². The first kappa shape index (κ1) is 17.0. The summed E-state index contributed by atoms with van der Waals surface area (Å²) >= 11 is 0. The van der Waals surface area contributed by atoms with E-state index in [1.165, 1.54) is 13.8 Å². The van der Waals surface area contributed by atoms with Crippen molar-refractivity contribution in [3.8, 4) is 0 Å². The van der Waals surface area contributed by atoms with Crippen LogP contribution in [0.1, 0.15) is 41.5 Å². The number of carbonyl (C=O) groups excluding carboxylic acids is 2. The molecule has 1 heterocycles. The van der Waals surface area contributed by atoms with Crippen LogP contribution in [0.2, 0.25) is 0 Å². The van der Waals surface area contributed by atoms with Crippen LogP contribution in [0, 0.1) is 17.8 Å². The summed E-state index contributed by atoms with van der Waals surface area (Å²) in [5, 5.41) is 0. The smallest absolute Gasteiger partial charge is 0.303 e. The van der Waals surface area contributed by atoms with Gasteiger partial charge in [0.2, 0.25) is 0 Å². The number of esters is 2. The average Bonchev–Trinajstić information content (AvgIpc) is 2.33. The zero-order valence-corrected chi connectivity index (χ0v) is 13.2. The van der Waals surface area contributed by atoms with Crippen LogP contribution in [0.5, 0.6) is 0 Å². The summed E-state index contributed by atoms with van der Waals surface area (Å²) in [4.78, 5) is 22.2. The van der Waals surface area contributed by atoms with Crippen molar-refractivity contribution in [2.45, 2.75) is 59.9 Å². The van der Waals surface area contributed by atoms with Crippen molar-refractivity contribution in [2.75, 3.05) is 6.61 Å². The Hall–Kier alpha value is -1.10. The van der Waals surface area contributed by atoms with Crippen LogP contribution in [-0.2, 0) is 23.8 Å². The zero-order chi connectivity index (χ0) is 15.4. The van der Waals surface area contributed by atoms with Gasteiger partial charge in [0.15, 0.2) is 0 Å². The van der Waals surface area contributed by atoms with Crippen LogP contribution in [0.25, 0.3) is 0 Å². The topological polar surface area (TPSA) is 61.8 Å². The lowest BCUT2D eigenvalue weighted by Gasteiger charge is -2.45. The van der Waals surface area contributed by atoms with Gasteiger partial charge in [0.1, 0.15) is 12.7 Å². The maximum Gasteiger partial charge on any atom is 0.303 e. The minimum Gasteiger partial charge on any atom is -0.463 e. The van der Waals surface area contributed by atoms with Crippen LogP contribution in [0.3, 0.4) is 0 Å². The first-order valence-electron chi connectivity index (χ1n) is 7.20. The van der Waals surface area contributed by atoms with Crippen molar-refractivity contribution in [1.82, 2.24) is 0 Å². The molecule has 0 aromatic rings. The van der Waals surface area contributed by atoms with Crippen LogP contribution >= 0.6 is 0 Å². The molecule has 0 amide bonds. The fraction of sp³-hybridized carbons (Fsp3) is 0.867. The van der Waals surface area contributed by atoms with Gasteiger partial charge in [-0.3, -0.25) is 9.59 Å². The molecule has 1 fully saturated rings. The number of ether oxygens (including phenoxy) is 3. The number of rotatable bonds is 4. The molecule has 1 rings (SSSR count).